The Hall–Kier alpha value is -2.34. The van der Waals surface area contributed by atoms with Crippen molar-refractivity contribution in [3.8, 4) is 0 Å². The van der Waals surface area contributed by atoms with Gasteiger partial charge in [-0.1, -0.05) is 113 Å². The van der Waals surface area contributed by atoms with Gasteiger partial charge in [0.2, 0.25) is 0 Å². The molecule has 0 fully saturated rings. The summed E-state index contributed by atoms with van der Waals surface area (Å²) < 4.78 is 0. The standard InChI is InChI=1S/C20H18.3CH4/c1-20(17-11-5-2-6-12-17,18-13-7-3-8-14-18)19-15-9-4-10-16-19;;;/h2-16H,1H3;3*1H4. The van der Waals surface area contributed by atoms with Gasteiger partial charge in [-0.2, -0.15) is 0 Å². The van der Waals surface area contributed by atoms with Crippen molar-refractivity contribution >= 4 is 0 Å². The zero-order chi connectivity index (χ0) is 13.8. The molecule has 122 valence electrons. The molecule has 0 atom stereocenters. The molecule has 0 saturated heterocycles. The van der Waals surface area contributed by atoms with Gasteiger partial charge in [-0.15, -0.1) is 0 Å². The summed E-state index contributed by atoms with van der Waals surface area (Å²) in [5, 5.41) is 0. The van der Waals surface area contributed by atoms with E-state index in [2.05, 4.69) is 97.9 Å². The van der Waals surface area contributed by atoms with E-state index in [1.54, 1.807) is 0 Å². The lowest BCUT2D eigenvalue weighted by Gasteiger charge is -2.31. The molecule has 0 aliphatic heterocycles. The first kappa shape index (κ1) is 20.7. The maximum absolute atomic E-state index is 2.30. The van der Waals surface area contributed by atoms with Crippen LogP contribution in [0.1, 0.15) is 45.9 Å². The van der Waals surface area contributed by atoms with Crippen molar-refractivity contribution in [1.82, 2.24) is 0 Å². The number of hydrogen-bond acceptors (Lipinski definition) is 0. The molecule has 0 aliphatic rings. The summed E-state index contributed by atoms with van der Waals surface area (Å²) in [5.41, 5.74) is 3.83. The fourth-order valence-corrected chi connectivity index (χ4v) is 2.81. The molecule has 3 aromatic rings. The average molecular weight is 306 g/mol. The van der Waals surface area contributed by atoms with E-state index in [4.69, 9.17) is 0 Å². The van der Waals surface area contributed by atoms with Crippen LogP contribution in [0.3, 0.4) is 0 Å². The predicted molar refractivity (Wildman–Crippen MR) is 105 cm³/mol. The van der Waals surface area contributed by atoms with Crippen LogP contribution in [0, 0.1) is 0 Å². The zero-order valence-electron chi connectivity index (χ0n) is 11.7. The highest BCUT2D eigenvalue weighted by atomic mass is 14.3. The first-order valence-electron chi connectivity index (χ1n) is 6.98. The van der Waals surface area contributed by atoms with Gasteiger partial charge in [-0.3, -0.25) is 0 Å². The van der Waals surface area contributed by atoms with Crippen LogP contribution in [0.15, 0.2) is 91.0 Å². The maximum atomic E-state index is 2.30. The topological polar surface area (TPSA) is 0 Å². The number of hydrogen-bond donors (Lipinski definition) is 0. The van der Waals surface area contributed by atoms with Crippen LogP contribution >= 0.6 is 0 Å². The highest BCUT2D eigenvalue weighted by molar-refractivity contribution is 5.49. The molecule has 0 radical (unpaired) electrons. The molecule has 0 saturated carbocycles. The first-order valence-corrected chi connectivity index (χ1v) is 6.98. The van der Waals surface area contributed by atoms with Crippen LogP contribution in [0.4, 0.5) is 0 Å². The normalized spacial score (nSPS) is 9.78. The quantitative estimate of drug-likeness (QED) is 0.459. The molecule has 0 aliphatic carbocycles. The third kappa shape index (κ3) is 3.90. The van der Waals surface area contributed by atoms with Gasteiger partial charge in [0.1, 0.15) is 0 Å². The highest BCUT2D eigenvalue weighted by Crippen LogP contribution is 2.38. The molecular weight excluding hydrogens is 276 g/mol. The molecule has 0 bridgehead atoms. The van der Waals surface area contributed by atoms with Crippen LogP contribution in [0.25, 0.3) is 0 Å². The van der Waals surface area contributed by atoms with Crippen molar-refractivity contribution in [1.29, 1.82) is 0 Å². The Morgan fingerprint density at radius 1 is 0.435 bits per heavy atom. The smallest absolute Gasteiger partial charge is 0.0423 e. The van der Waals surface area contributed by atoms with Gasteiger partial charge in [-0.05, 0) is 23.6 Å². The molecule has 3 aromatic carbocycles. The minimum Gasteiger partial charge on any atom is -0.0776 e. The van der Waals surface area contributed by atoms with Crippen molar-refractivity contribution in [3.05, 3.63) is 108 Å². The summed E-state index contributed by atoms with van der Waals surface area (Å²) in [4.78, 5) is 0. The van der Waals surface area contributed by atoms with Gasteiger partial charge in [0.05, 0.1) is 0 Å². The van der Waals surface area contributed by atoms with Crippen molar-refractivity contribution in [2.75, 3.05) is 0 Å². The summed E-state index contributed by atoms with van der Waals surface area (Å²) >= 11 is 0. The fraction of sp³-hybridized carbons (Fsp3) is 0.217. The van der Waals surface area contributed by atoms with Crippen LogP contribution in [-0.4, -0.2) is 0 Å². The number of rotatable bonds is 3. The Morgan fingerprint density at radius 2 is 0.652 bits per heavy atom. The molecule has 0 heterocycles. The first-order chi connectivity index (χ1) is 9.82. The monoisotopic (exact) mass is 306 g/mol. The lowest BCUT2D eigenvalue weighted by atomic mass is 9.71. The molecule has 0 unspecified atom stereocenters. The van der Waals surface area contributed by atoms with Crippen molar-refractivity contribution in [2.45, 2.75) is 34.6 Å². The molecule has 3 rings (SSSR count). The molecule has 0 amide bonds. The third-order valence-electron chi connectivity index (χ3n) is 4.05. The lowest BCUT2D eigenvalue weighted by molar-refractivity contribution is 0.692. The highest BCUT2D eigenvalue weighted by Gasteiger charge is 2.30. The van der Waals surface area contributed by atoms with E-state index in [9.17, 15) is 0 Å². The van der Waals surface area contributed by atoms with Gasteiger partial charge in [0.25, 0.3) is 0 Å². The van der Waals surface area contributed by atoms with E-state index in [0.717, 1.165) is 0 Å². The van der Waals surface area contributed by atoms with E-state index in [1.165, 1.54) is 16.7 Å². The second-order valence-electron chi connectivity index (χ2n) is 5.22. The van der Waals surface area contributed by atoms with Crippen molar-refractivity contribution in [2.24, 2.45) is 0 Å². The van der Waals surface area contributed by atoms with E-state index in [0.29, 0.717) is 0 Å². The average Bonchev–Trinajstić information content (AvgIpc) is 2.56. The van der Waals surface area contributed by atoms with Crippen molar-refractivity contribution < 1.29 is 0 Å². The van der Waals surface area contributed by atoms with E-state index in [-0.39, 0.29) is 27.7 Å². The summed E-state index contributed by atoms with van der Waals surface area (Å²) in [5.74, 6) is 0. The molecular formula is C23H30. The third-order valence-corrected chi connectivity index (χ3v) is 4.05. The Balaban J connectivity index is 0.00000161. The Morgan fingerprint density at radius 3 is 0.870 bits per heavy atom. The molecule has 0 heteroatoms. The van der Waals surface area contributed by atoms with Crippen LogP contribution in [0.2, 0.25) is 0 Å². The van der Waals surface area contributed by atoms with Crippen LogP contribution in [-0.2, 0) is 5.41 Å². The second kappa shape index (κ2) is 8.95. The lowest BCUT2D eigenvalue weighted by Crippen LogP contribution is -2.25. The van der Waals surface area contributed by atoms with Gasteiger partial charge in [0, 0.05) is 5.41 Å². The predicted octanol–water partition coefficient (Wildman–Crippen LogP) is 6.95. The van der Waals surface area contributed by atoms with Gasteiger partial charge in [0.15, 0.2) is 0 Å². The molecule has 0 aromatic heterocycles. The second-order valence-corrected chi connectivity index (χ2v) is 5.22. The zero-order valence-corrected chi connectivity index (χ0v) is 11.7. The van der Waals surface area contributed by atoms with E-state index < -0.39 is 0 Å². The van der Waals surface area contributed by atoms with Crippen LogP contribution in [0.5, 0.6) is 0 Å². The minimum atomic E-state index is -0.121. The minimum absolute atomic E-state index is 0. The largest absolute Gasteiger partial charge is 0.0776 e. The van der Waals surface area contributed by atoms with Gasteiger partial charge < -0.3 is 0 Å². The van der Waals surface area contributed by atoms with E-state index >= 15 is 0 Å². The van der Waals surface area contributed by atoms with Crippen molar-refractivity contribution in [3.63, 3.8) is 0 Å². The summed E-state index contributed by atoms with van der Waals surface area (Å²) in [6.07, 6.45) is 0. The number of benzene rings is 3. The fourth-order valence-electron chi connectivity index (χ4n) is 2.81. The SMILES string of the molecule is C.C.C.CC(c1ccccc1)(c1ccccc1)c1ccccc1. The Kier molecular flexibility index (Phi) is 8.04. The summed E-state index contributed by atoms with van der Waals surface area (Å²) in [6.45, 7) is 2.30. The Bertz CT molecular complexity index is 558. The Labute approximate surface area is 142 Å². The van der Waals surface area contributed by atoms with Gasteiger partial charge >= 0.3 is 0 Å². The van der Waals surface area contributed by atoms with Crippen LogP contribution < -0.4 is 0 Å². The molecule has 0 N–H and O–H groups in total. The molecule has 0 nitrogen and oxygen atoms in total. The maximum Gasteiger partial charge on any atom is 0.0423 e. The van der Waals surface area contributed by atoms with E-state index in [1.807, 2.05) is 0 Å². The molecule has 23 heavy (non-hydrogen) atoms. The summed E-state index contributed by atoms with van der Waals surface area (Å²) in [7, 11) is 0. The molecule has 0 spiro atoms. The van der Waals surface area contributed by atoms with Gasteiger partial charge in [-0.25, -0.2) is 0 Å². The summed E-state index contributed by atoms with van der Waals surface area (Å²) in [6, 6.07) is 32.1.